The van der Waals surface area contributed by atoms with Gasteiger partial charge >= 0.3 is 0 Å². The standard InChI is InChI=1S/C17H21N3OS/c1-11(2)17-18-8-13-9-20(7-6-15(13)19-17)10-14-4-5-16(22-14)12(3)21/h4-5,8,11H,6-7,9-10H2,1-3H3. The van der Waals surface area contributed by atoms with Gasteiger partial charge in [0.05, 0.1) is 4.88 Å². The summed E-state index contributed by atoms with van der Waals surface area (Å²) >= 11 is 1.60. The maximum absolute atomic E-state index is 11.4. The minimum atomic E-state index is 0.148. The Labute approximate surface area is 135 Å². The molecule has 3 heterocycles. The quantitative estimate of drug-likeness (QED) is 0.811. The molecule has 0 unspecified atom stereocenters. The molecule has 2 aromatic rings. The van der Waals surface area contributed by atoms with Gasteiger partial charge in [-0.2, -0.15) is 0 Å². The molecule has 0 aliphatic carbocycles. The molecule has 0 saturated heterocycles. The van der Waals surface area contributed by atoms with E-state index < -0.39 is 0 Å². The van der Waals surface area contributed by atoms with E-state index in [0.717, 1.165) is 36.8 Å². The number of nitrogens with zero attached hydrogens (tertiary/aromatic N) is 3. The number of ketones is 1. The van der Waals surface area contributed by atoms with Crippen LogP contribution in [0.1, 0.15) is 58.3 Å². The Kier molecular flexibility index (Phi) is 4.36. The van der Waals surface area contributed by atoms with Crippen molar-refractivity contribution in [2.24, 2.45) is 0 Å². The number of hydrogen-bond donors (Lipinski definition) is 0. The van der Waals surface area contributed by atoms with Crippen LogP contribution in [-0.2, 0) is 19.5 Å². The molecule has 0 atom stereocenters. The molecule has 2 aromatic heterocycles. The van der Waals surface area contributed by atoms with E-state index in [2.05, 4.69) is 29.8 Å². The Morgan fingerprint density at radius 1 is 1.41 bits per heavy atom. The Balaban J connectivity index is 1.70. The number of carbonyl (C=O) groups excluding carboxylic acids is 1. The van der Waals surface area contributed by atoms with Crippen LogP contribution in [0.2, 0.25) is 0 Å². The number of hydrogen-bond acceptors (Lipinski definition) is 5. The molecule has 1 aliphatic rings. The number of Topliss-reactive ketones (excluding diaryl/α,β-unsaturated/α-hetero) is 1. The molecule has 0 saturated carbocycles. The third kappa shape index (κ3) is 3.25. The number of thiophene rings is 1. The van der Waals surface area contributed by atoms with Crippen molar-refractivity contribution in [2.45, 2.75) is 46.2 Å². The molecule has 0 aromatic carbocycles. The lowest BCUT2D eigenvalue weighted by Crippen LogP contribution is -2.30. The molecule has 3 rings (SSSR count). The van der Waals surface area contributed by atoms with Crippen LogP contribution in [0.15, 0.2) is 18.3 Å². The third-order valence-corrected chi connectivity index (χ3v) is 5.11. The van der Waals surface area contributed by atoms with Gasteiger partial charge in [-0.3, -0.25) is 9.69 Å². The highest BCUT2D eigenvalue weighted by Gasteiger charge is 2.19. The third-order valence-electron chi connectivity index (χ3n) is 3.94. The molecule has 4 nitrogen and oxygen atoms in total. The first-order valence-corrected chi connectivity index (χ1v) is 8.51. The maximum Gasteiger partial charge on any atom is 0.169 e. The van der Waals surface area contributed by atoms with Gasteiger partial charge in [-0.25, -0.2) is 9.97 Å². The summed E-state index contributed by atoms with van der Waals surface area (Å²) in [6, 6.07) is 3.99. The summed E-state index contributed by atoms with van der Waals surface area (Å²) < 4.78 is 0. The average Bonchev–Trinajstić information content (AvgIpc) is 2.95. The molecular formula is C17H21N3OS. The second-order valence-corrected chi connectivity index (χ2v) is 7.31. The molecule has 0 spiro atoms. The van der Waals surface area contributed by atoms with Gasteiger partial charge in [0.1, 0.15) is 5.82 Å². The van der Waals surface area contributed by atoms with E-state index in [1.165, 1.54) is 16.1 Å². The van der Waals surface area contributed by atoms with E-state index in [-0.39, 0.29) is 5.78 Å². The van der Waals surface area contributed by atoms with E-state index in [9.17, 15) is 4.79 Å². The maximum atomic E-state index is 11.4. The summed E-state index contributed by atoms with van der Waals surface area (Å²) in [7, 11) is 0. The van der Waals surface area contributed by atoms with Gasteiger partial charge in [-0.1, -0.05) is 13.8 Å². The van der Waals surface area contributed by atoms with Crippen LogP contribution >= 0.6 is 11.3 Å². The molecule has 22 heavy (non-hydrogen) atoms. The van der Waals surface area contributed by atoms with Gasteiger partial charge in [-0.05, 0) is 19.1 Å². The fourth-order valence-electron chi connectivity index (χ4n) is 2.68. The molecule has 0 radical (unpaired) electrons. The van der Waals surface area contributed by atoms with Crippen LogP contribution in [0, 0.1) is 0 Å². The van der Waals surface area contributed by atoms with E-state index in [4.69, 9.17) is 4.98 Å². The summed E-state index contributed by atoms with van der Waals surface area (Å²) in [4.78, 5) is 25.1. The van der Waals surface area contributed by atoms with Crippen LogP contribution in [0.25, 0.3) is 0 Å². The van der Waals surface area contributed by atoms with E-state index in [1.54, 1.807) is 18.3 Å². The summed E-state index contributed by atoms with van der Waals surface area (Å²) in [5.41, 5.74) is 2.43. The predicted octanol–water partition coefficient (Wildman–Crippen LogP) is 3.42. The topological polar surface area (TPSA) is 46.1 Å². The lowest BCUT2D eigenvalue weighted by molar-refractivity contribution is 0.102. The summed E-state index contributed by atoms with van der Waals surface area (Å²) in [5.74, 6) is 1.46. The van der Waals surface area contributed by atoms with E-state index in [1.807, 2.05) is 12.3 Å². The molecule has 0 bridgehead atoms. The number of carbonyl (C=O) groups is 1. The molecule has 116 valence electrons. The largest absolute Gasteiger partial charge is 0.294 e. The SMILES string of the molecule is CC(=O)c1ccc(CN2CCc3nc(C(C)C)ncc3C2)s1. The second-order valence-electron chi connectivity index (χ2n) is 6.14. The van der Waals surface area contributed by atoms with Crippen LogP contribution in [0.4, 0.5) is 0 Å². The Morgan fingerprint density at radius 2 is 2.23 bits per heavy atom. The highest BCUT2D eigenvalue weighted by Crippen LogP contribution is 2.23. The zero-order chi connectivity index (χ0) is 15.7. The van der Waals surface area contributed by atoms with Crippen molar-refractivity contribution in [2.75, 3.05) is 6.54 Å². The number of rotatable bonds is 4. The summed E-state index contributed by atoms with van der Waals surface area (Å²) in [6.07, 6.45) is 2.96. The smallest absolute Gasteiger partial charge is 0.169 e. The average molecular weight is 315 g/mol. The fourth-order valence-corrected chi connectivity index (χ4v) is 3.62. The Hall–Kier alpha value is -1.59. The molecule has 1 aliphatic heterocycles. The normalized spacial score (nSPS) is 15.1. The molecule has 0 fully saturated rings. The van der Waals surface area contributed by atoms with Crippen molar-refractivity contribution in [3.8, 4) is 0 Å². The Morgan fingerprint density at radius 3 is 2.91 bits per heavy atom. The first-order chi connectivity index (χ1) is 10.5. The van der Waals surface area contributed by atoms with Gasteiger partial charge in [0.15, 0.2) is 5.78 Å². The van der Waals surface area contributed by atoms with E-state index in [0.29, 0.717) is 5.92 Å². The van der Waals surface area contributed by atoms with Crippen LogP contribution < -0.4 is 0 Å². The zero-order valence-electron chi connectivity index (χ0n) is 13.3. The first kappa shape index (κ1) is 15.3. The minimum Gasteiger partial charge on any atom is -0.294 e. The Bertz CT molecular complexity index is 693. The van der Waals surface area contributed by atoms with Crippen molar-refractivity contribution >= 4 is 17.1 Å². The van der Waals surface area contributed by atoms with Crippen molar-refractivity contribution < 1.29 is 4.79 Å². The predicted molar refractivity (Wildman–Crippen MR) is 88.3 cm³/mol. The van der Waals surface area contributed by atoms with Crippen LogP contribution in [0.3, 0.4) is 0 Å². The summed E-state index contributed by atoms with van der Waals surface area (Å²) in [6.45, 7) is 8.66. The molecule has 0 amide bonds. The van der Waals surface area contributed by atoms with Crippen molar-refractivity contribution in [1.82, 2.24) is 14.9 Å². The number of fused-ring (bicyclic) bond motifs is 1. The van der Waals surface area contributed by atoms with Gasteiger partial charge in [-0.15, -0.1) is 11.3 Å². The lowest BCUT2D eigenvalue weighted by Gasteiger charge is -2.27. The number of aromatic nitrogens is 2. The molecule has 0 N–H and O–H groups in total. The first-order valence-electron chi connectivity index (χ1n) is 7.69. The van der Waals surface area contributed by atoms with Gasteiger partial charge in [0.25, 0.3) is 0 Å². The van der Waals surface area contributed by atoms with Gasteiger partial charge < -0.3 is 0 Å². The monoisotopic (exact) mass is 315 g/mol. The van der Waals surface area contributed by atoms with Gasteiger partial charge in [0.2, 0.25) is 0 Å². The minimum absolute atomic E-state index is 0.148. The van der Waals surface area contributed by atoms with Crippen molar-refractivity contribution in [3.05, 3.63) is 45.2 Å². The second kappa shape index (κ2) is 6.26. The van der Waals surface area contributed by atoms with Crippen LogP contribution in [-0.4, -0.2) is 27.2 Å². The highest BCUT2D eigenvalue weighted by atomic mass is 32.1. The van der Waals surface area contributed by atoms with Crippen molar-refractivity contribution in [1.29, 1.82) is 0 Å². The van der Waals surface area contributed by atoms with Crippen molar-refractivity contribution in [3.63, 3.8) is 0 Å². The fraction of sp³-hybridized carbons (Fsp3) is 0.471. The zero-order valence-corrected chi connectivity index (χ0v) is 14.1. The van der Waals surface area contributed by atoms with Crippen LogP contribution in [0.5, 0.6) is 0 Å². The van der Waals surface area contributed by atoms with Gasteiger partial charge in [0, 0.05) is 54.3 Å². The lowest BCUT2D eigenvalue weighted by atomic mass is 10.1. The molecule has 5 heteroatoms. The highest BCUT2D eigenvalue weighted by molar-refractivity contribution is 7.14. The molecular weight excluding hydrogens is 294 g/mol. The van der Waals surface area contributed by atoms with E-state index >= 15 is 0 Å². The summed E-state index contributed by atoms with van der Waals surface area (Å²) in [5, 5.41) is 0.